The van der Waals surface area contributed by atoms with Crippen molar-refractivity contribution in [2.24, 2.45) is 11.8 Å². The van der Waals surface area contributed by atoms with Gasteiger partial charge in [-0.3, -0.25) is 9.59 Å². The van der Waals surface area contributed by atoms with Crippen LogP contribution in [-0.2, 0) is 16.0 Å². The number of aliphatic carboxylic acids is 1. The molecule has 1 N–H and O–H groups in total. The third kappa shape index (κ3) is 3.10. The quantitative estimate of drug-likeness (QED) is 0.898. The van der Waals surface area contributed by atoms with E-state index in [2.05, 4.69) is 0 Å². The van der Waals surface area contributed by atoms with Crippen molar-refractivity contribution in [3.05, 3.63) is 35.6 Å². The smallest absolute Gasteiger partial charge is 0.306 e. The number of hydrogen-bond donors (Lipinski definition) is 1. The Morgan fingerprint density at radius 1 is 1.47 bits per heavy atom. The van der Waals surface area contributed by atoms with E-state index in [1.165, 1.54) is 12.1 Å². The Labute approximate surface area is 110 Å². The van der Waals surface area contributed by atoms with Crippen LogP contribution in [0.4, 0.5) is 4.39 Å². The van der Waals surface area contributed by atoms with Crippen molar-refractivity contribution in [1.82, 2.24) is 4.90 Å². The monoisotopic (exact) mass is 265 g/mol. The lowest BCUT2D eigenvalue weighted by molar-refractivity contribution is -0.150. The summed E-state index contributed by atoms with van der Waals surface area (Å²) < 4.78 is 13.0. The van der Waals surface area contributed by atoms with Gasteiger partial charge in [-0.2, -0.15) is 0 Å². The molecule has 0 aromatic heterocycles. The molecule has 1 heterocycles. The van der Waals surface area contributed by atoms with Crippen LogP contribution in [0.15, 0.2) is 24.3 Å². The molecule has 0 spiro atoms. The van der Waals surface area contributed by atoms with Crippen molar-refractivity contribution in [3.8, 4) is 0 Å². The van der Waals surface area contributed by atoms with Crippen molar-refractivity contribution in [3.63, 3.8) is 0 Å². The molecule has 1 amide bonds. The molecule has 1 aliphatic rings. The van der Waals surface area contributed by atoms with Crippen LogP contribution in [-0.4, -0.2) is 35.0 Å². The molecular formula is C14H16FNO3. The van der Waals surface area contributed by atoms with Gasteiger partial charge >= 0.3 is 5.97 Å². The summed E-state index contributed by atoms with van der Waals surface area (Å²) in [6.07, 6.45) is 0.159. The second-order valence-corrected chi connectivity index (χ2v) is 4.99. The first-order valence-electron chi connectivity index (χ1n) is 6.22. The van der Waals surface area contributed by atoms with Crippen molar-refractivity contribution >= 4 is 11.9 Å². The highest BCUT2D eigenvalue weighted by molar-refractivity contribution is 5.80. The molecule has 1 fully saturated rings. The summed E-state index contributed by atoms with van der Waals surface area (Å²) in [5, 5.41) is 8.86. The largest absolute Gasteiger partial charge is 0.481 e. The standard InChI is InChI=1S/C14H16FNO3/c1-9(14(18)19)11-7-16(8-11)13(17)6-10-3-2-4-12(15)5-10/h2-5,9,11H,6-8H2,1H3,(H,18,19). The zero-order valence-electron chi connectivity index (χ0n) is 10.7. The number of nitrogens with zero attached hydrogens (tertiary/aromatic N) is 1. The van der Waals surface area contributed by atoms with Crippen LogP contribution >= 0.6 is 0 Å². The van der Waals surface area contributed by atoms with Gasteiger partial charge in [-0.05, 0) is 17.7 Å². The highest BCUT2D eigenvalue weighted by Gasteiger charge is 2.36. The normalized spacial score (nSPS) is 16.8. The number of benzene rings is 1. The van der Waals surface area contributed by atoms with Gasteiger partial charge in [-0.25, -0.2) is 4.39 Å². The minimum Gasteiger partial charge on any atom is -0.481 e. The summed E-state index contributed by atoms with van der Waals surface area (Å²) >= 11 is 0. The number of halogens is 1. The summed E-state index contributed by atoms with van der Waals surface area (Å²) in [5.41, 5.74) is 0.639. The summed E-state index contributed by atoms with van der Waals surface area (Å²) in [6, 6.07) is 5.96. The van der Waals surface area contributed by atoms with Gasteiger partial charge in [-0.15, -0.1) is 0 Å². The Bertz CT molecular complexity index is 497. The average Bonchev–Trinajstić information content (AvgIpc) is 2.26. The Morgan fingerprint density at radius 2 is 2.16 bits per heavy atom. The fourth-order valence-electron chi connectivity index (χ4n) is 2.17. The fourth-order valence-corrected chi connectivity index (χ4v) is 2.17. The molecule has 0 bridgehead atoms. The van der Waals surface area contributed by atoms with E-state index in [4.69, 9.17) is 5.11 Å². The van der Waals surface area contributed by atoms with Crippen LogP contribution in [0, 0.1) is 17.7 Å². The Balaban J connectivity index is 1.85. The highest BCUT2D eigenvalue weighted by atomic mass is 19.1. The van der Waals surface area contributed by atoms with Gasteiger partial charge < -0.3 is 10.0 Å². The lowest BCUT2D eigenvalue weighted by Crippen LogP contribution is -2.53. The summed E-state index contributed by atoms with van der Waals surface area (Å²) in [7, 11) is 0. The third-order valence-corrected chi connectivity index (χ3v) is 3.60. The SMILES string of the molecule is CC(C(=O)O)C1CN(C(=O)Cc2cccc(F)c2)C1. The van der Waals surface area contributed by atoms with Crippen molar-refractivity contribution in [1.29, 1.82) is 0 Å². The topological polar surface area (TPSA) is 57.6 Å². The Kier molecular flexibility index (Phi) is 3.83. The second kappa shape index (κ2) is 5.38. The third-order valence-electron chi connectivity index (χ3n) is 3.60. The maximum atomic E-state index is 13.0. The highest BCUT2D eigenvalue weighted by Crippen LogP contribution is 2.24. The van der Waals surface area contributed by atoms with Gasteiger partial charge in [0.15, 0.2) is 0 Å². The Morgan fingerprint density at radius 3 is 2.74 bits per heavy atom. The second-order valence-electron chi connectivity index (χ2n) is 4.99. The molecule has 0 aliphatic carbocycles. The first kappa shape index (κ1) is 13.5. The van der Waals surface area contributed by atoms with Crippen molar-refractivity contribution < 1.29 is 19.1 Å². The van der Waals surface area contributed by atoms with Gasteiger partial charge in [0, 0.05) is 19.0 Å². The van der Waals surface area contributed by atoms with E-state index in [0.717, 1.165) is 0 Å². The number of rotatable bonds is 4. The molecule has 1 aliphatic heterocycles. The van der Waals surface area contributed by atoms with Gasteiger partial charge in [0.1, 0.15) is 5.82 Å². The van der Waals surface area contributed by atoms with E-state index in [1.807, 2.05) is 0 Å². The van der Waals surface area contributed by atoms with Crippen LogP contribution in [0.25, 0.3) is 0 Å². The molecule has 1 saturated heterocycles. The number of carboxylic acids is 1. The molecule has 1 aromatic carbocycles. The predicted octanol–water partition coefficient (Wildman–Crippen LogP) is 1.55. The fraction of sp³-hybridized carbons (Fsp3) is 0.429. The number of likely N-dealkylation sites (tertiary alicyclic amines) is 1. The number of carbonyl (C=O) groups excluding carboxylic acids is 1. The lowest BCUT2D eigenvalue weighted by atomic mass is 9.87. The molecule has 102 valence electrons. The van der Waals surface area contributed by atoms with Gasteiger partial charge in [-0.1, -0.05) is 19.1 Å². The molecule has 4 nitrogen and oxygen atoms in total. The molecule has 1 unspecified atom stereocenters. The number of hydrogen-bond acceptors (Lipinski definition) is 2. The van der Waals surface area contributed by atoms with E-state index < -0.39 is 11.9 Å². The van der Waals surface area contributed by atoms with Gasteiger partial charge in [0.05, 0.1) is 12.3 Å². The van der Waals surface area contributed by atoms with E-state index in [0.29, 0.717) is 18.7 Å². The van der Waals surface area contributed by atoms with Crippen LogP contribution in [0.5, 0.6) is 0 Å². The zero-order valence-corrected chi connectivity index (χ0v) is 10.7. The maximum Gasteiger partial charge on any atom is 0.306 e. The first-order chi connectivity index (χ1) is 8.97. The van der Waals surface area contributed by atoms with E-state index in [-0.39, 0.29) is 24.1 Å². The Hall–Kier alpha value is -1.91. The predicted molar refractivity (Wildman–Crippen MR) is 67.0 cm³/mol. The molecule has 5 heteroatoms. The van der Waals surface area contributed by atoms with E-state index >= 15 is 0 Å². The molecule has 0 radical (unpaired) electrons. The van der Waals surface area contributed by atoms with Crippen LogP contribution in [0.2, 0.25) is 0 Å². The zero-order chi connectivity index (χ0) is 14.0. The van der Waals surface area contributed by atoms with Crippen LogP contribution in [0.1, 0.15) is 12.5 Å². The molecule has 1 atom stereocenters. The molecule has 19 heavy (non-hydrogen) atoms. The van der Waals surface area contributed by atoms with Crippen LogP contribution in [0.3, 0.4) is 0 Å². The van der Waals surface area contributed by atoms with Crippen molar-refractivity contribution in [2.75, 3.05) is 13.1 Å². The number of carbonyl (C=O) groups is 2. The molecule has 0 saturated carbocycles. The molecule has 1 aromatic rings. The lowest BCUT2D eigenvalue weighted by Gasteiger charge is -2.41. The summed E-state index contributed by atoms with van der Waals surface area (Å²) in [6.45, 7) is 2.60. The minimum absolute atomic E-state index is 0.0222. The van der Waals surface area contributed by atoms with Gasteiger partial charge in [0.25, 0.3) is 0 Å². The molecule has 2 rings (SSSR count). The number of amides is 1. The first-order valence-corrected chi connectivity index (χ1v) is 6.22. The summed E-state index contributed by atoms with van der Waals surface area (Å²) in [4.78, 5) is 24.3. The van der Waals surface area contributed by atoms with Crippen LogP contribution < -0.4 is 0 Å². The number of carboxylic acid groups (broad SMARTS) is 1. The average molecular weight is 265 g/mol. The van der Waals surface area contributed by atoms with E-state index in [9.17, 15) is 14.0 Å². The minimum atomic E-state index is -0.831. The summed E-state index contributed by atoms with van der Waals surface area (Å²) in [5.74, 6) is -1.68. The van der Waals surface area contributed by atoms with Crippen molar-refractivity contribution in [2.45, 2.75) is 13.3 Å². The molecular weight excluding hydrogens is 249 g/mol. The maximum absolute atomic E-state index is 13.0. The van der Waals surface area contributed by atoms with Gasteiger partial charge in [0.2, 0.25) is 5.91 Å². The van der Waals surface area contributed by atoms with E-state index in [1.54, 1.807) is 24.0 Å².